The minimum absolute atomic E-state index is 0.00298. The predicted octanol–water partition coefficient (Wildman–Crippen LogP) is 2.04. The molecule has 0 aliphatic rings. The molecule has 88 valence electrons. The van der Waals surface area contributed by atoms with Crippen LogP contribution in [0.2, 0.25) is 5.02 Å². The van der Waals surface area contributed by atoms with Crippen LogP contribution in [0.1, 0.15) is 20.3 Å². The highest BCUT2D eigenvalue weighted by atomic mass is 35.5. The molecule has 1 rings (SSSR count). The second-order valence-corrected chi connectivity index (χ2v) is 4.01. The Balaban J connectivity index is 2.75. The molecule has 0 unspecified atom stereocenters. The van der Waals surface area contributed by atoms with Crippen molar-refractivity contribution in [1.29, 1.82) is 0 Å². The van der Waals surface area contributed by atoms with Gasteiger partial charge in [0.05, 0.1) is 17.4 Å². The van der Waals surface area contributed by atoms with Crippen molar-refractivity contribution in [2.75, 3.05) is 5.32 Å². The first-order chi connectivity index (χ1) is 7.54. The summed E-state index contributed by atoms with van der Waals surface area (Å²) in [5, 5.41) is 12.2. The van der Waals surface area contributed by atoms with Crippen LogP contribution >= 0.6 is 11.6 Å². The third-order valence-corrected chi connectivity index (χ3v) is 2.58. The lowest BCUT2D eigenvalue weighted by Crippen LogP contribution is -2.35. The highest BCUT2D eigenvalue weighted by molar-refractivity contribution is 6.30. The number of anilines is 1. The predicted molar refractivity (Wildman–Crippen MR) is 61.5 cm³/mol. The van der Waals surface area contributed by atoms with Crippen LogP contribution in [0.25, 0.3) is 0 Å². The molecular formula is C10H14ClN3O2. The number of nitrogens with zero attached hydrogens (tertiary/aromatic N) is 2. The van der Waals surface area contributed by atoms with Crippen molar-refractivity contribution in [2.45, 2.75) is 26.3 Å². The Morgan fingerprint density at radius 2 is 2.12 bits per heavy atom. The third kappa shape index (κ3) is 3.34. The number of carboxylic acid groups (broad SMARTS) is 1. The molecule has 1 heterocycles. The van der Waals surface area contributed by atoms with Crippen molar-refractivity contribution < 1.29 is 9.90 Å². The molecule has 0 aromatic carbocycles. The number of aromatic nitrogens is 2. The largest absolute Gasteiger partial charge is 0.480 e. The lowest BCUT2D eigenvalue weighted by atomic mass is 9.99. The lowest BCUT2D eigenvalue weighted by Gasteiger charge is -2.19. The van der Waals surface area contributed by atoms with E-state index in [0.717, 1.165) is 6.42 Å². The van der Waals surface area contributed by atoms with Crippen molar-refractivity contribution in [2.24, 2.45) is 5.92 Å². The van der Waals surface area contributed by atoms with E-state index in [-0.39, 0.29) is 11.9 Å². The number of hydrogen-bond acceptors (Lipinski definition) is 4. The molecule has 0 saturated heterocycles. The van der Waals surface area contributed by atoms with Gasteiger partial charge in [-0.2, -0.15) is 0 Å². The van der Waals surface area contributed by atoms with E-state index in [9.17, 15) is 4.79 Å². The summed E-state index contributed by atoms with van der Waals surface area (Å²) in [7, 11) is 0. The van der Waals surface area contributed by atoms with E-state index < -0.39 is 12.0 Å². The number of aliphatic carboxylic acids is 1. The van der Waals surface area contributed by atoms with Gasteiger partial charge in [-0.15, -0.1) is 0 Å². The standard InChI is InChI=1S/C10H14ClN3O2/c1-3-6(2)8(9(15)16)14-10-12-4-7(11)5-13-10/h4-6,8H,3H2,1-2H3,(H,15,16)(H,12,13,14)/t6-,8-/m0/s1. The Morgan fingerprint density at radius 1 is 1.56 bits per heavy atom. The molecule has 0 spiro atoms. The summed E-state index contributed by atoms with van der Waals surface area (Å²) < 4.78 is 0. The second-order valence-electron chi connectivity index (χ2n) is 3.57. The quantitative estimate of drug-likeness (QED) is 0.828. The average molecular weight is 244 g/mol. The molecule has 0 aliphatic carbocycles. The lowest BCUT2D eigenvalue weighted by molar-refractivity contribution is -0.139. The summed E-state index contributed by atoms with van der Waals surface area (Å²) in [6, 6.07) is -0.689. The van der Waals surface area contributed by atoms with Crippen LogP contribution in [0.15, 0.2) is 12.4 Å². The summed E-state index contributed by atoms with van der Waals surface area (Å²) in [5.41, 5.74) is 0. The minimum Gasteiger partial charge on any atom is -0.480 e. The summed E-state index contributed by atoms with van der Waals surface area (Å²) in [6.45, 7) is 3.80. The molecule has 0 amide bonds. The molecular weight excluding hydrogens is 230 g/mol. The van der Waals surface area contributed by atoms with Gasteiger partial charge in [-0.1, -0.05) is 31.9 Å². The third-order valence-electron chi connectivity index (χ3n) is 2.38. The number of hydrogen-bond donors (Lipinski definition) is 2. The smallest absolute Gasteiger partial charge is 0.326 e. The van der Waals surface area contributed by atoms with E-state index in [1.807, 2.05) is 13.8 Å². The van der Waals surface area contributed by atoms with E-state index in [4.69, 9.17) is 16.7 Å². The zero-order valence-electron chi connectivity index (χ0n) is 9.14. The molecule has 0 saturated carbocycles. The van der Waals surface area contributed by atoms with E-state index in [1.165, 1.54) is 12.4 Å². The Bertz CT molecular complexity index is 356. The summed E-state index contributed by atoms with van der Waals surface area (Å²) in [4.78, 5) is 18.8. The Labute approximate surface area is 98.9 Å². The number of nitrogens with one attached hydrogen (secondary N) is 1. The topological polar surface area (TPSA) is 75.1 Å². The Kier molecular flexibility index (Phi) is 4.49. The monoisotopic (exact) mass is 243 g/mol. The van der Waals surface area contributed by atoms with Gasteiger partial charge in [-0.3, -0.25) is 0 Å². The van der Waals surface area contributed by atoms with Crippen molar-refractivity contribution >= 4 is 23.5 Å². The van der Waals surface area contributed by atoms with Gasteiger partial charge in [0.15, 0.2) is 0 Å². The molecule has 0 fully saturated rings. The number of carboxylic acids is 1. The van der Waals surface area contributed by atoms with Crippen molar-refractivity contribution in [3.8, 4) is 0 Å². The van der Waals surface area contributed by atoms with E-state index in [2.05, 4.69) is 15.3 Å². The molecule has 6 heteroatoms. The summed E-state index contributed by atoms with van der Waals surface area (Å²) in [6.07, 6.45) is 3.61. The number of halogens is 1. The molecule has 2 atom stereocenters. The summed E-state index contributed by atoms with van der Waals surface area (Å²) >= 11 is 5.63. The van der Waals surface area contributed by atoms with Crippen LogP contribution in [0.3, 0.4) is 0 Å². The first kappa shape index (κ1) is 12.7. The van der Waals surface area contributed by atoms with Gasteiger partial charge in [-0.25, -0.2) is 14.8 Å². The van der Waals surface area contributed by atoms with E-state index in [0.29, 0.717) is 5.02 Å². The fourth-order valence-corrected chi connectivity index (χ4v) is 1.31. The molecule has 0 aliphatic heterocycles. The maximum absolute atomic E-state index is 11.0. The minimum atomic E-state index is -0.909. The highest BCUT2D eigenvalue weighted by Crippen LogP contribution is 2.13. The van der Waals surface area contributed by atoms with Crippen molar-refractivity contribution in [3.05, 3.63) is 17.4 Å². The average Bonchev–Trinajstić information content (AvgIpc) is 2.27. The number of rotatable bonds is 5. The molecule has 0 radical (unpaired) electrons. The van der Waals surface area contributed by atoms with Crippen LogP contribution in [0, 0.1) is 5.92 Å². The Morgan fingerprint density at radius 3 is 2.56 bits per heavy atom. The van der Waals surface area contributed by atoms with Gasteiger partial charge in [0.25, 0.3) is 0 Å². The molecule has 2 N–H and O–H groups in total. The highest BCUT2D eigenvalue weighted by Gasteiger charge is 2.23. The molecule has 1 aromatic rings. The van der Waals surface area contributed by atoms with Crippen LogP contribution in [-0.2, 0) is 4.79 Å². The second kappa shape index (κ2) is 5.65. The fraction of sp³-hybridized carbons (Fsp3) is 0.500. The van der Waals surface area contributed by atoms with Crippen LogP contribution in [0.4, 0.5) is 5.95 Å². The van der Waals surface area contributed by atoms with Gasteiger partial charge in [-0.05, 0) is 5.92 Å². The first-order valence-electron chi connectivity index (χ1n) is 5.01. The fourth-order valence-electron chi connectivity index (χ4n) is 1.21. The van der Waals surface area contributed by atoms with E-state index in [1.54, 1.807) is 0 Å². The molecule has 0 bridgehead atoms. The van der Waals surface area contributed by atoms with Crippen LogP contribution < -0.4 is 5.32 Å². The maximum Gasteiger partial charge on any atom is 0.326 e. The zero-order chi connectivity index (χ0) is 12.1. The Hall–Kier alpha value is -1.36. The molecule has 5 nitrogen and oxygen atoms in total. The summed E-state index contributed by atoms with van der Waals surface area (Å²) in [5.74, 6) is -0.637. The van der Waals surface area contributed by atoms with E-state index >= 15 is 0 Å². The van der Waals surface area contributed by atoms with Gasteiger partial charge >= 0.3 is 5.97 Å². The van der Waals surface area contributed by atoms with Crippen LogP contribution in [0.5, 0.6) is 0 Å². The number of carbonyl (C=O) groups is 1. The molecule has 1 aromatic heterocycles. The van der Waals surface area contributed by atoms with Gasteiger partial charge in [0.1, 0.15) is 6.04 Å². The van der Waals surface area contributed by atoms with Crippen molar-refractivity contribution in [1.82, 2.24) is 9.97 Å². The zero-order valence-corrected chi connectivity index (χ0v) is 9.90. The van der Waals surface area contributed by atoms with Gasteiger partial charge < -0.3 is 10.4 Å². The first-order valence-corrected chi connectivity index (χ1v) is 5.39. The van der Waals surface area contributed by atoms with Crippen molar-refractivity contribution in [3.63, 3.8) is 0 Å². The normalized spacial score (nSPS) is 14.2. The van der Waals surface area contributed by atoms with Crippen LogP contribution in [-0.4, -0.2) is 27.1 Å². The SMILES string of the molecule is CC[C@H](C)[C@H](Nc1ncc(Cl)cn1)C(=O)O. The molecule has 16 heavy (non-hydrogen) atoms. The van der Waals surface area contributed by atoms with Gasteiger partial charge in [0.2, 0.25) is 5.95 Å². The maximum atomic E-state index is 11.0. The van der Waals surface area contributed by atoms with Gasteiger partial charge in [0, 0.05) is 0 Å².